The molecule has 0 N–H and O–H groups in total. The molecule has 7 aromatic rings. The van der Waals surface area contributed by atoms with Crippen molar-refractivity contribution < 1.29 is 85.9 Å². The van der Waals surface area contributed by atoms with Crippen molar-refractivity contribution in [2.45, 2.75) is 0 Å². The number of nitrogens with zero attached hydrogens (tertiary/aromatic N) is 4. The molecule has 0 unspecified atom stereocenters. The zero-order valence-electron chi connectivity index (χ0n) is 29.8. The molecule has 0 aliphatic carbocycles. The van der Waals surface area contributed by atoms with E-state index in [2.05, 4.69) is 147 Å². The predicted octanol–water partition coefficient (Wildman–Crippen LogP) is 16.6. The Kier molecular flexibility index (Phi) is 14.5. The fourth-order valence-electron chi connectivity index (χ4n) is 6.50. The number of aromatic nitrogens is 4. The molecule has 0 fully saturated rings. The molecule has 0 radical (unpaired) electrons. The van der Waals surface area contributed by atoms with Gasteiger partial charge >= 0.3 is 20.0 Å². The summed E-state index contributed by atoms with van der Waals surface area (Å²) in [5.41, 5.74) is -15.0. The number of benzene rings is 3. The number of fused-ring (bicyclic) bond motifs is 9. The summed E-state index contributed by atoms with van der Waals surface area (Å²) in [6.45, 7) is 0. The Morgan fingerprint density at radius 3 is 0.712 bits per heavy atom. The van der Waals surface area contributed by atoms with Crippen LogP contribution in [0, 0.1) is 87.3 Å². The Balaban J connectivity index is 0.00000320. The second kappa shape index (κ2) is 18.7. The molecule has 0 saturated heterocycles. The second-order valence-electron chi connectivity index (χ2n) is 12.7. The van der Waals surface area contributed by atoms with Gasteiger partial charge < -0.3 is 15.0 Å². The second-order valence-corrected chi connectivity index (χ2v) is 19.1. The van der Waals surface area contributed by atoms with Gasteiger partial charge in [-0.2, -0.15) is 0 Å². The van der Waals surface area contributed by atoms with Crippen LogP contribution >= 0.6 is 127 Å². The van der Waals surface area contributed by atoms with Crippen LogP contribution in [0.4, 0.5) is 65.9 Å². The molecule has 1 aliphatic rings. The Morgan fingerprint density at radius 2 is 0.455 bits per heavy atom. The third kappa shape index (κ3) is 7.48. The number of rotatable bonds is 3. The van der Waals surface area contributed by atoms with Gasteiger partial charge in [0.15, 0.2) is 69.8 Å². The molecular formula is C37Br8CrF15N4O-3. The molecule has 3 aromatic carbocycles. The summed E-state index contributed by atoms with van der Waals surface area (Å²) in [4.78, 5) is 17.0. The molecule has 0 spiro atoms. The molecule has 29 heteroatoms. The van der Waals surface area contributed by atoms with E-state index in [1.807, 2.05) is 0 Å². The molecule has 8 rings (SSSR count). The summed E-state index contributed by atoms with van der Waals surface area (Å²) in [6.07, 6.45) is 0. The third-order valence-electron chi connectivity index (χ3n) is 9.35. The van der Waals surface area contributed by atoms with Crippen LogP contribution in [0.25, 0.3) is 75.4 Å². The molecule has 0 atom stereocenters. The molecule has 5 nitrogen and oxygen atoms in total. The van der Waals surface area contributed by atoms with Gasteiger partial charge in [-0.3, -0.25) is 0 Å². The summed E-state index contributed by atoms with van der Waals surface area (Å²) >= 11 is 26.3. The van der Waals surface area contributed by atoms with Crippen molar-refractivity contribution in [2.75, 3.05) is 0 Å². The zero-order valence-corrected chi connectivity index (χ0v) is 43.8. The minimum absolute atomic E-state index is 0.251. The van der Waals surface area contributed by atoms with Crippen LogP contribution in [0.5, 0.6) is 0 Å². The quantitative estimate of drug-likeness (QED) is 0.100. The average molecular weight is 1490 g/mol. The molecule has 66 heavy (non-hydrogen) atoms. The van der Waals surface area contributed by atoms with Crippen molar-refractivity contribution >= 4 is 170 Å². The molecule has 0 amide bonds. The van der Waals surface area contributed by atoms with Gasteiger partial charge in [0.1, 0.15) is 0 Å². The van der Waals surface area contributed by atoms with Crippen molar-refractivity contribution in [2.24, 2.45) is 0 Å². The van der Waals surface area contributed by atoms with E-state index in [4.69, 9.17) is 3.80 Å². The van der Waals surface area contributed by atoms with Crippen molar-refractivity contribution in [3.8, 4) is 33.4 Å². The monoisotopic (exact) mass is 1480 g/mol. The Bertz CT molecular complexity index is 3460. The Morgan fingerprint density at radius 1 is 0.273 bits per heavy atom. The van der Waals surface area contributed by atoms with E-state index in [9.17, 15) is 13.2 Å². The maximum absolute atomic E-state index is 16.1. The van der Waals surface area contributed by atoms with Crippen LogP contribution in [0.2, 0.25) is 0 Å². The molecule has 5 heterocycles. The SMILES string of the molecule is Fc1c(F)c(F)c(-c2c3nc(c(-c4c(F)c(F)c(F)c(F)c4F)c4[n-]c(c(Br)c4Br)c4[n-]c(c(Br)c4Br)c(-c4c(F)c(F)c(F)c(F)c4F)c4[n-]c2c(Br)c4Br)C(Br)=C3Br)c(F)c1F.[O]=[Cr]. The Labute approximate surface area is 430 Å². The van der Waals surface area contributed by atoms with Crippen molar-refractivity contribution in [1.29, 1.82) is 0 Å². The summed E-state index contributed by atoms with van der Waals surface area (Å²) in [5, 5.41) is 0. The predicted molar refractivity (Wildman–Crippen MR) is 230 cm³/mol. The molecule has 8 bridgehead atoms. The molecule has 1 aliphatic heterocycles. The van der Waals surface area contributed by atoms with Crippen LogP contribution < -0.4 is 15.0 Å². The first-order valence-electron chi connectivity index (χ1n) is 16.3. The van der Waals surface area contributed by atoms with Crippen LogP contribution in [0.15, 0.2) is 26.8 Å². The van der Waals surface area contributed by atoms with E-state index >= 15 is 52.7 Å². The van der Waals surface area contributed by atoms with Crippen molar-refractivity contribution in [3.63, 3.8) is 0 Å². The van der Waals surface area contributed by atoms with Gasteiger partial charge in [-0.1, -0.05) is 95.6 Å². The van der Waals surface area contributed by atoms with E-state index in [1.165, 1.54) is 16.2 Å². The zero-order chi connectivity index (χ0) is 49.2. The van der Waals surface area contributed by atoms with Gasteiger partial charge in [0.25, 0.3) is 0 Å². The first-order chi connectivity index (χ1) is 30.9. The van der Waals surface area contributed by atoms with Crippen LogP contribution in [0.3, 0.4) is 0 Å². The summed E-state index contributed by atoms with van der Waals surface area (Å²) in [6, 6.07) is 0. The van der Waals surface area contributed by atoms with Gasteiger partial charge in [-0.25, -0.2) is 70.8 Å². The first kappa shape index (κ1) is 51.4. The number of hydrogen-bond acceptors (Lipinski definition) is 2. The van der Waals surface area contributed by atoms with Gasteiger partial charge in [0, 0.05) is 38.0 Å². The van der Waals surface area contributed by atoms with Crippen molar-refractivity contribution in [1.82, 2.24) is 19.9 Å². The third-order valence-corrected chi connectivity index (χ3v) is 17.7. The number of halogens is 23. The van der Waals surface area contributed by atoms with Crippen molar-refractivity contribution in [3.05, 3.63) is 125 Å². The minimum atomic E-state index is -2.67. The maximum atomic E-state index is 16.1. The standard InChI is InChI=1S/C37Br8F15N4.Cr.O/c38-7-9(40)32-5(2-17(48)23(54)28(59)24(55)18(2)49)34-11(42)13(44)36(63-34)37-14(45)12(43)35(64-37)6(3-19(50)25(56)29(60)26(57)20(3)51)33-10(41)8(39)31(62-33)4(30(7)61-32)1-15(46)21(52)27(58)22(53)16(1)47;;/q-3;;. The van der Waals surface area contributed by atoms with E-state index < -0.39 is 183 Å². The Hall–Kier alpha value is -2.49. The fourth-order valence-corrected chi connectivity index (χ4v) is 10.3. The molecular weight excluding hydrogens is 1490 g/mol. The van der Waals surface area contributed by atoms with Crippen LogP contribution in [-0.4, -0.2) is 4.98 Å². The molecule has 344 valence electrons. The van der Waals surface area contributed by atoms with E-state index in [0.29, 0.717) is 0 Å². The van der Waals surface area contributed by atoms with E-state index in [-0.39, 0.29) is 17.9 Å². The van der Waals surface area contributed by atoms with Gasteiger partial charge in [0.2, 0.25) is 17.5 Å². The first-order valence-corrected chi connectivity index (χ1v) is 23.2. The van der Waals surface area contributed by atoms with E-state index in [1.54, 1.807) is 0 Å². The summed E-state index contributed by atoms with van der Waals surface area (Å²) in [5.74, 6) is -38.0. The molecule has 4 aromatic heterocycles. The van der Waals surface area contributed by atoms with Gasteiger partial charge in [-0.15, -0.1) is 33.1 Å². The van der Waals surface area contributed by atoms with Crippen LogP contribution in [-0.2, 0) is 20.0 Å². The summed E-state index contributed by atoms with van der Waals surface area (Å²) < 4.78 is 235. The van der Waals surface area contributed by atoms with Gasteiger partial charge in [0.05, 0.1) is 37.0 Å². The average Bonchev–Trinajstić information content (AvgIpc) is 3.96. The topological polar surface area (TPSA) is 72.3 Å². The normalized spacial score (nSPS) is 12.2. The summed E-state index contributed by atoms with van der Waals surface area (Å²) in [7, 11) is 0. The number of hydrogen-bond donors (Lipinski definition) is 0. The molecule has 0 saturated carbocycles. The van der Waals surface area contributed by atoms with Crippen LogP contribution in [0.1, 0.15) is 11.4 Å². The fraction of sp³-hybridized carbons (Fsp3) is 0. The van der Waals surface area contributed by atoms with E-state index in [0.717, 1.165) is 0 Å². The van der Waals surface area contributed by atoms with Gasteiger partial charge in [-0.05, 0) is 37.4 Å².